The van der Waals surface area contributed by atoms with Crippen molar-refractivity contribution in [2.75, 3.05) is 6.61 Å². The minimum atomic E-state index is -1.93. The van der Waals surface area contributed by atoms with E-state index in [4.69, 9.17) is 4.74 Å². The number of fused-ring (bicyclic) bond motifs is 3. The van der Waals surface area contributed by atoms with Crippen LogP contribution >= 0.6 is 0 Å². The van der Waals surface area contributed by atoms with Crippen LogP contribution in [0, 0.1) is 22.7 Å². The number of carbonyl (C=O) groups is 2. The van der Waals surface area contributed by atoms with E-state index in [1.807, 2.05) is 13.0 Å². The fourth-order valence-electron chi connectivity index (χ4n) is 7.65. The first kappa shape index (κ1) is 18.0. The van der Waals surface area contributed by atoms with Gasteiger partial charge in [-0.3, -0.25) is 9.59 Å². The van der Waals surface area contributed by atoms with Crippen LogP contribution in [0.1, 0.15) is 52.4 Å². The molecular formula is C21H28O6. The molecule has 0 bridgehead atoms. The third-order valence-corrected chi connectivity index (χ3v) is 9.12. The highest BCUT2D eigenvalue weighted by atomic mass is 16.6. The first-order valence-electron chi connectivity index (χ1n) is 10.1. The Kier molecular flexibility index (Phi) is 3.39. The van der Waals surface area contributed by atoms with Gasteiger partial charge in [-0.1, -0.05) is 19.4 Å². The molecule has 0 aromatic heterocycles. The summed E-state index contributed by atoms with van der Waals surface area (Å²) in [5.41, 5.74) is -2.10. The van der Waals surface area contributed by atoms with Gasteiger partial charge in [0.15, 0.2) is 17.2 Å². The van der Waals surface area contributed by atoms with Crippen LogP contribution in [0.5, 0.6) is 0 Å². The molecular weight excluding hydrogens is 348 g/mol. The van der Waals surface area contributed by atoms with Crippen LogP contribution in [0.25, 0.3) is 0 Å². The monoisotopic (exact) mass is 376 g/mol. The average molecular weight is 376 g/mol. The Labute approximate surface area is 158 Å². The molecule has 1 saturated heterocycles. The van der Waals surface area contributed by atoms with Crippen molar-refractivity contribution >= 4 is 11.6 Å². The smallest absolute Gasteiger partial charge is 0.192 e. The Morgan fingerprint density at radius 2 is 2.04 bits per heavy atom. The van der Waals surface area contributed by atoms with Gasteiger partial charge in [0.05, 0.1) is 12.2 Å². The second kappa shape index (κ2) is 5.09. The third-order valence-electron chi connectivity index (χ3n) is 9.12. The topological polar surface area (TPSA) is 107 Å². The van der Waals surface area contributed by atoms with Crippen LogP contribution in [-0.2, 0) is 14.3 Å². The molecule has 0 radical (unpaired) electrons. The van der Waals surface area contributed by atoms with Crippen molar-refractivity contribution in [3.05, 3.63) is 11.6 Å². The molecule has 6 nitrogen and oxygen atoms in total. The molecule has 148 valence electrons. The number of ether oxygens (including phenoxy) is 1. The summed E-state index contributed by atoms with van der Waals surface area (Å²) in [6.45, 7) is 3.31. The molecule has 5 rings (SSSR count). The number of aliphatic hydroxyl groups is 3. The second-order valence-electron chi connectivity index (χ2n) is 9.84. The largest absolute Gasteiger partial charge is 0.390 e. The maximum Gasteiger partial charge on any atom is 0.192 e. The van der Waals surface area contributed by atoms with E-state index in [1.165, 1.54) is 5.57 Å². The number of carbonyl (C=O) groups excluding carboxylic acids is 2. The highest BCUT2D eigenvalue weighted by Gasteiger charge is 2.82. The van der Waals surface area contributed by atoms with Crippen molar-refractivity contribution in [2.45, 2.75) is 75.8 Å². The van der Waals surface area contributed by atoms with Gasteiger partial charge in [-0.05, 0) is 50.0 Å². The van der Waals surface area contributed by atoms with Crippen molar-refractivity contribution in [3.63, 3.8) is 0 Å². The summed E-state index contributed by atoms with van der Waals surface area (Å²) in [6, 6.07) is 0. The van der Waals surface area contributed by atoms with E-state index in [0.29, 0.717) is 19.3 Å². The van der Waals surface area contributed by atoms with E-state index >= 15 is 0 Å². The lowest BCUT2D eigenvalue weighted by Gasteiger charge is -2.56. The summed E-state index contributed by atoms with van der Waals surface area (Å²) < 4.78 is 6.40. The minimum absolute atomic E-state index is 0.0530. The van der Waals surface area contributed by atoms with Crippen LogP contribution in [0.3, 0.4) is 0 Å². The van der Waals surface area contributed by atoms with Crippen LogP contribution in [0.2, 0.25) is 0 Å². The van der Waals surface area contributed by atoms with Gasteiger partial charge in [-0.2, -0.15) is 0 Å². The molecule has 27 heavy (non-hydrogen) atoms. The fourth-order valence-corrected chi connectivity index (χ4v) is 7.65. The Bertz CT molecular complexity index is 775. The fraction of sp³-hybridized carbons (Fsp3) is 0.810. The quantitative estimate of drug-likeness (QED) is 0.619. The number of hydrogen-bond acceptors (Lipinski definition) is 6. The molecule has 0 aromatic rings. The lowest BCUT2D eigenvalue weighted by molar-refractivity contribution is -0.174. The predicted molar refractivity (Wildman–Crippen MR) is 94.6 cm³/mol. The molecule has 1 heterocycles. The predicted octanol–water partition coefficient (Wildman–Crippen LogP) is 0.913. The molecule has 1 aliphatic heterocycles. The number of hydrogen-bond donors (Lipinski definition) is 3. The summed E-state index contributed by atoms with van der Waals surface area (Å²) in [4.78, 5) is 24.4. The number of aliphatic hydroxyl groups excluding tert-OH is 2. The maximum absolute atomic E-state index is 12.5. The first-order chi connectivity index (χ1) is 12.6. The number of rotatable bonds is 2. The molecule has 0 unspecified atom stereocenters. The van der Waals surface area contributed by atoms with Crippen LogP contribution in [-0.4, -0.2) is 56.9 Å². The average Bonchev–Trinajstić information content (AvgIpc) is 3.31. The van der Waals surface area contributed by atoms with Crippen LogP contribution in [0.15, 0.2) is 11.6 Å². The van der Waals surface area contributed by atoms with Gasteiger partial charge in [0.25, 0.3) is 0 Å². The van der Waals surface area contributed by atoms with E-state index < -0.39 is 29.5 Å². The molecule has 5 aliphatic rings. The normalized spacial score (nSPS) is 55.7. The molecule has 8 atom stereocenters. The zero-order valence-corrected chi connectivity index (χ0v) is 15.9. The molecule has 1 spiro atoms. The van der Waals surface area contributed by atoms with Gasteiger partial charge in [0, 0.05) is 17.3 Å². The van der Waals surface area contributed by atoms with Gasteiger partial charge in [-0.25, -0.2) is 0 Å². The van der Waals surface area contributed by atoms with E-state index in [0.717, 1.165) is 19.3 Å². The molecule has 6 heteroatoms. The van der Waals surface area contributed by atoms with Gasteiger partial charge in [0.2, 0.25) is 0 Å². The Morgan fingerprint density at radius 3 is 2.74 bits per heavy atom. The van der Waals surface area contributed by atoms with Gasteiger partial charge in [0.1, 0.15) is 12.2 Å². The second-order valence-corrected chi connectivity index (χ2v) is 9.84. The SMILES string of the molecule is C[C@]12CCC(=O)C=C1CC[C@@H]1[C@@H]3C[C@@H](O)[C@](O)(C(=O)CO)[C@]3(C)C[C@H]3O[C@]132. The molecule has 0 aromatic carbocycles. The lowest BCUT2D eigenvalue weighted by Crippen LogP contribution is -2.63. The first-order valence-corrected chi connectivity index (χ1v) is 10.1. The van der Waals surface area contributed by atoms with E-state index in [9.17, 15) is 24.9 Å². The van der Waals surface area contributed by atoms with Crippen molar-refractivity contribution in [3.8, 4) is 0 Å². The van der Waals surface area contributed by atoms with Crippen molar-refractivity contribution < 1.29 is 29.6 Å². The van der Waals surface area contributed by atoms with Crippen molar-refractivity contribution in [1.82, 2.24) is 0 Å². The Morgan fingerprint density at radius 1 is 1.30 bits per heavy atom. The van der Waals surface area contributed by atoms with Crippen molar-refractivity contribution in [2.24, 2.45) is 22.7 Å². The summed E-state index contributed by atoms with van der Waals surface area (Å²) in [5, 5.41) is 31.4. The summed E-state index contributed by atoms with van der Waals surface area (Å²) >= 11 is 0. The van der Waals surface area contributed by atoms with E-state index in [-0.39, 0.29) is 34.7 Å². The standard InChI is InChI=1S/C21H28O6/c1-18-6-5-12(23)7-11(18)3-4-13-14-8-15(24)20(26,16(25)10-22)19(14,2)9-17-21(13,18)27-17/h7,13-15,17,22,24,26H,3-6,8-10H2,1-2H3/t13-,14+,15-,17-,18+,19-,20+,21-/m1/s1. The molecule has 4 fully saturated rings. The number of epoxide rings is 1. The van der Waals surface area contributed by atoms with Gasteiger partial charge < -0.3 is 20.1 Å². The highest BCUT2D eigenvalue weighted by molar-refractivity contribution is 5.92. The summed E-state index contributed by atoms with van der Waals surface area (Å²) in [6.07, 6.45) is 4.35. The van der Waals surface area contributed by atoms with Crippen LogP contribution in [0.4, 0.5) is 0 Å². The Balaban J connectivity index is 1.59. The molecule has 3 N–H and O–H groups in total. The number of ketones is 2. The van der Waals surface area contributed by atoms with E-state index in [2.05, 4.69) is 6.92 Å². The maximum atomic E-state index is 12.5. The zero-order chi connectivity index (χ0) is 19.4. The van der Waals surface area contributed by atoms with Crippen molar-refractivity contribution in [1.29, 1.82) is 0 Å². The lowest BCUT2D eigenvalue weighted by atomic mass is 9.46. The molecule has 3 saturated carbocycles. The highest BCUT2D eigenvalue weighted by Crippen LogP contribution is 2.76. The molecule has 4 aliphatic carbocycles. The number of Topliss-reactive ketones (excluding diaryl/α,β-unsaturated/α-hetero) is 1. The van der Waals surface area contributed by atoms with E-state index in [1.54, 1.807) is 0 Å². The third kappa shape index (κ3) is 1.77. The zero-order valence-electron chi connectivity index (χ0n) is 15.9. The molecule has 0 amide bonds. The van der Waals surface area contributed by atoms with Gasteiger partial charge in [-0.15, -0.1) is 0 Å². The van der Waals surface area contributed by atoms with Gasteiger partial charge >= 0.3 is 0 Å². The minimum Gasteiger partial charge on any atom is -0.390 e. The summed E-state index contributed by atoms with van der Waals surface area (Å²) in [5.74, 6) is -0.428. The van der Waals surface area contributed by atoms with Crippen LogP contribution < -0.4 is 0 Å². The Hall–Kier alpha value is -1.08. The summed E-state index contributed by atoms with van der Waals surface area (Å²) in [7, 11) is 0.